The van der Waals surface area contributed by atoms with Crippen LogP contribution in [0.4, 0.5) is 4.39 Å². The SMILES string of the molecule is OC(Cc1cccc(Cl)c1Cl)c1ccc(F)cc1. The molecular formula is C14H11Cl2FO. The highest BCUT2D eigenvalue weighted by Gasteiger charge is 2.12. The van der Waals surface area contributed by atoms with Crippen LogP contribution in [-0.4, -0.2) is 5.11 Å². The summed E-state index contributed by atoms with van der Waals surface area (Å²) in [6.45, 7) is 0. The second kappa shape index (κ2) is 5.70. The van der Waals surface area contributed by atoms with Crippen LogP contribution in [0.2, 0.25) is 10.0 Å². The number of benzene rings is 2. The van der Waals surface area contributed by atoms with Crippen molar-refractivity contribution < 1.29 is 9.50 Å². The van der Waals surface area contributed by atoms with Crippen molar-refractivity contribution in [2.75, 3.05) is 0 Å². The maximum Gasteiger partial charge on any atom is 0.123 e. The minimum Gasteiger partial charge on any atom is -0.388 e. The molecule has 0 aliphatic rings. The van der Waals surface area contributed by atoms with Gasteiger partial charge in [-0.3, -0.25) is 0 Å². The van der Waals surface area contributed by atoms with Gasteiger partial charge in [-0.05, 0) is 29.3 Å². The summed E-state index contributed by atoms with van der Waals surface area (Å²) in [4.78, 5) is 0. The Morgan fingerprint density at radius 1 is 1.06 bits per heavy atom. The number of aliphatic hydroxyl groups is 1. The minimum atomic E-state index is -0.735. The van der Waals surface area contributed by atoms with Crippen molar-refractivity contribution in [2.24, 2.45) is 0 Å². The summed E-state index contributed by atoms with van der Waals surface area (Å²) >= 11 is 11.9. The third-order valence-electron chi connectivity index (χ3n) is 2.70. The molecule has 0 aliphatic carbocycles. The molecular weight excluding hydrogens is 274 g/mol. The van der Waals surface area contributed by atoms with Crippen molar-refractivity contribution in [3.05, 3.63) is 69.5 Å². The van der Waals surface area contributed by atoms with Crippen LogP contribution in [0.15, 0.2) is 42.5 Å². The van der Waals surface area contributed by atoms with Crippen molar-refractivity contribution >= 4 is 23.2 Å². The van der Waals surface area contributed by atoms with Crippen LogP contribution >= 0.6 is 23.2 Å². The van der Waals surface area contributed by atoms with Gasteiger partial charge in [-0.2, -0.15) is 0 Å². The lowest BCUT2D eigenvalue weighted by atomic mass is 10.0. The number of rotatable bonds is 3. The lowest BCUT2D eigenvalue weighted by Crippen LogP contribution is -2.02. The zero-order valence-corrected chi connectivity index (χ0v) is 10.9. The normalized spacial score (nSPS) is 12.4. The number of aliphatic hydroxyl groups excluding tert-OH is 1. The average molecular weight is 285 g/mol. The molecule has 0 saturated carbocycles. The molecule has 0 saturated heterocycles. The summed E-state index contributed by atoms with van der Waals surface area (Å²) in [5.41, 5.74) is 1.41. The molecule has 2 rings (SSSR count). The number of hydrogen-bond donors (Lipinski definition) is 1. The van der Waals surface area contributed by atoms with Crippen LogP contribution in [0.25, 0.3) is 0 Å². The molecule has 1 N–H and O–H groups in total. The standard InChI is InChI=1S/C14H11Cl2FO/c15-12-3-1-2-10(14(12)16)8-13(18)9-4-6-11(17)7-5-9/h1-7,13,18H,8H2. The summed E-state index contributed by atoms with van der Waals surface area (Å²) in [5.74, 6) is -0.327. The first kappa shape index (κ1) is 13.3. The zero-order valence-electron chi connectivity index (χ0n) is 9.41. The summed E-state index contributed by atoms with van der Waals surface area (Å²) < 4.78 is 12.8. The van der Waals surface area contributed by atoms with Gasteiger partial charge in [0.25, 0.3) is 0 Å². The molecule has 0 aromatic heterocycles. The van der Waals surface area contributed by atoms with Crippen molar-refractivity contribution in [3.8, 4) is 0 Å². The molecule has 1 atom stereocenters. The van der Waals surface area contributed by atoms with E-state index in [1.165, 1.54) is 12.1 Å². The topological polar surface area (TPSA) is 20.2 Å². The van der Waals surface area contributed by atoms with Crippen molar-refractivity contribution in [1.29, 1.82) is 0 Å². The van der Waals surface area contributed by atoms with Crippen LogP contribution in [-0.2, 0) is 6.42 Å². The third kappa shape index (κ3) is 3.02. The molecule has 0 heterocycles. The van der Waals surface area contributed by atoms with E-state index < -0.39 is 6.10 Å². The zero-order chi connectivity index (χ0) is 13.1. The Morgan fingerprint density at radius 2 is 1.72 bits per heavy atom. The Balaban J connectivity index is 2.18. The molecule has 0 fully saturated rings. The minimum absolute atomic E-state index is 0.327. The van der Waals surface area contributed by atoms with E-state index in [-0.39, 0.29) is 5.82 Å². The van der Waals surface area contributed by atoms with E-state index in [0.717, 1.165) is 5.56 Å². The molecule has 0 amide bonds. The Morgan fingerprint density at radius 3 is 2.39 bits per heavy atom. The van der Waals surface area contributed by atoms with Gasteiger partial charge < -0.3 is 5.11 Å². The molecule has 1 unspecified atom stereocenters. The predicted molar refractivity (Wildman–Crippen MR) is 71.5 cm³/mol. The van der Waals surface area contributed by atoms with Crippen LogP contribution in [0.3, 0.4) is 0 Å². The number of hydrogen-bond acceptors (Lipinski definition) is 1. The van der Waals surface area contributed by atoms with Crippen molar-refractivity contribution in [3.63, 3.8) is 0 Å². The van der Waals surface area contributed by atoms with Crippen molar-refractivity contribution in [2.45, 2.75) is 12.5 Å². The molecule has 2 aromatic carbocycles. The Hall–Kier alpha value is -1.09. The molecule has 0 radical (unpaired) electrons. The van der Waals surface area contributed by atoms with Gasteiger partial charge in [-0.25, -0.2) is 4.39 Å². The smallest absolute Gasteiger partial charge is 0.123 e. The predicted octanol–water partition coefficient (Wildman–Crippen LogP) is 4.41. The van der Waals surface area contributed by atoms with E-state index >= 15 is 0 Å². The van der Waals surface area contributed by atoms with Gasteiger partial charge in [0.1, 0.15) is 5.82 Å². The highest BCUT2D eigenvalue weighted by Crippen LogP contribution is 2.29. The Bertz CT molecular complexity index is 540. The summed E-state index contributed by atoms with van der Waals surface area (Å²) in [7, 11) is 0. The van der Waals surface area contributed by atoms with Gasteiger partial charge >= 0.3 is 0 Å². The van der Waals surface area contributed by atoms with Gasteiger partial charge in [0.15, 0.2) is 0 Å². The second-order valence-electron chi connectivity index (χ2n) is 3.98. The van der Waals surface area contributed by atoms with Crippen LogP contribution in [0.1, 0.15) is 17.2 Å². The van der Waals surface area contributed by atoms with E-state index in [0.29, 0.717) is 22.0 Å². The van der Waals surface area contributed by atoms with Crippen LogP contribution in [0.5, 0.6) is 0 Å². The van der Waals surface area contributed by atoms with Crippen molar-refractivity contribution in [1.82, 2.24) is 0 Å². The molecule has 2 aromatic rings. The Labute approximate surface area is 115 Å². The first-order valence-corrected chi connectivity index (χ1v) is 6.20. The average Bonchev–Trinajstić information content (AvgIpc) is 2.36. The first-order valence-electron chi connectivity index (χ1n) is 5.44. The molecule has 0 spiro atoms. The first-order chi connectivity index (χ1) is 8.58. The molecule has 18 heavy (non-hydrogen) atoms. The van der Waals surface area contributed by atoms with E-state index in [2.05, 4.69) is 0 Å². The van der Waals surface area contributed by atoms with Crippen LogP contribution in [0, 0.1) is 5.82 Å². The number of halogens is 3. The fraction of sp³-hybridized carbons (Fsp3) is 0.143. The second-order valence-corrected chi connectivity index (χ2v) is 4.77. The highest BCUT2D eigenvalue weighted by atomic mass is 35.5. The van der Waals surface area contributed by atoms with Crippen LogP contribution < -0.4 is 0 Å². The monoisotopic (exact) mass is 284 g/mol. The van der Waals surface area contributed by atoms with Gasteiger partial charge in [0, 0.05) is 6.42 Å². The molecule has 0 bridgehead atoms. The lowest BCUT2D eigenvalue weighted by Gasteiger charge is -2.12. The largest absolute Gasteiger partial charge is 0.388 e. The van der Waals surface area contributed by atoms with Gasteiger partial charge in [0.05, 0.1) is 16.1 Å². The maximum atomic E-state index is 12.8. The third-order valence-corrected chi connectivity index (χ3v) is 3.56. The molecule has 94 valence electrons. The maximum absolute atomic E-state index is 12.8. The quantitative estimate of drug-likeness (QED) is 0.885. The lowest BCUT2D eigenvalue weighted by molar-refractivity contribution is 0.178. The van der Waals surface area contributed by atoms with Gasteiger partial charge in [0.2, 0.25) is 0 Å². The fourth-order valence-electron chi connectivity index (χ4n) is 1.72. The fourth-order valence-corrected chi connectivity index (χ4v) is 2.11. The molecule has 0 aliphatic heterocycles. The van der Waals surface area contributed by atoms with Gasteiger partial charge in [-0.1, -0.05) is 47.5 Å². The van der Waals surface area contributed by atoms with E-state index in [1.54, 1.807) is 30.3 Å². The highest BCUT2D eigenvalue weighted by molar-refractivity contribution is 6.42. The van der Waals surface area contributed by atoms with Gasteiger partial charge in [-0.15, -0.1) is 0 Å². The van der Waals surface area contributed by atoms with E-state index in [4.69, 9.17) is 23.2 Å². The van der Waals surface area contributed by atoms with E-state index in [1.807, 2.05) is 0 Å². The molecule has 1 nitrogen and oxygen atoms in total. The molecule has 4 heteroatoms. The van der Waals surface area contributed by atoms with E-state index in [9.17, 15) is 9.50 Å². The summed E-state index contributed by atoms with van der Waals surface area (Å²) in [6, 6.07) is 11.0. The summed E-state index contributed by atoms with van der Waals surface area (Å²) in [5, 5.41) is 11.0. The summed E-state index contributed by atoms with van der Waals surface area (Å²) in [6.07, 6.45) is -0.396. The Kier molecular flexibility index (Phi) is 4.23.